The highest BCUT2D eigenvalue weighted by Crippen LogP contribution is 2.18. The molecule has 0 radical (unpaired) electrons. The van der Waals surface area contributed by atoms with E-state index in [4.69, 9.17) is 0 Å². The number of hydrogen-bond donors (Lipinski definition) is 1. The minimum Gasteiger partial charge on any atom is -0.310 e. The Morgan fingerprint density at radius 3 is 2.89 bits per heavy atom. The fraction of sp³-hybridized carbons (Fsp3) is 0.333. The Morgan fingerprint density at radius 2 is 2.21 bits per heavy atom. The van der Waals surface area contributed by atoms with Crippen LogP contribution in [0.3, 0.4) is 0 Å². The topological polar surface area (TPSA) is 37.8 Å². The fourth-order valence-corrected chi connectivity index (χ4v) is 2.09. The van der Waals surface area contributed by atoms with Gasteiger partial charge in [0.2, 0.25) is 0 Å². The first kappa shape index (κ1) is 13.6. The first-order valence-corrected chi connectivity index (χ1v) is 6.53. The van der Waals surface area contributed by atoms with Crippen LogP contribution in [-0.4, -0.2) is 16.5 Å². The molecule has 1 atom stereocenters. The van der Waals surface area contributed by atoms with Crippen molar-refractivity contribution in [1.82, 2.24) is 15.3 Å². The van der Waals surface area contributed by atoms with Crippen LogP contribution in [0.15, 0.2) is 42.9 Å². The van der Waals surface area contributed by atoms with Gasteiger partial charge in [-0.05, 0) is 43.1 Å². The van der Waals surface area contributed by atoms with Crippen LogP contribution >= 0.6 is 0 Å². The van der Waals surface area contributed by atoms with Gasteiger partial charge in [0.15, 0.2) is 0 Å². The number of aromatic nitrogens is 2. The number of nitrogens with zero attached hydrogens (tertiary/aromatic N) is 2. The monoisotopic (exact) mass is 259 g/mol. The zero-order valence-electron chi connectivity index (χ0n) is 11.0. The fourth-order valence-electron chi connectivity index (χ4n) is 2.09. The van der Waals surface area contributed by atoms with E-state index in [2.05, 4.69) is 15.3 Å². The van der Waals surface area contributed by atoms with E-state index in [1.165, 1.54) is 6.20 Å². The highest BCUT2D eigenvalue weighted by atomic mass is 19.1. The summed E-state index contributed by atoms with van der Waals surface area (Å²) in [6.07, 6.45) is 6.46. The molecule has 100 valence electrons. The molecule has 0 saturated carbocycles. The lowest BCUT2D eigenvalue weighted by Gasteiger charge is -2.17. The SMILES string of the molecule is CCNC(CCc1ccccn1)c1cncc(F)c1. The van der Waals surface area contributed by atoms with Gasteiger partial charge >= 0.3 is 0 Å². The molecule has 0 fully saturated rings. The number of halogens is 1. The van der Waals surface area contributed by atoms with E-state index >= 15 is 0 Å². The van der Waals surface area contributed by atoms with Crippen LogP contribution in [0.5, 0.6) is 0 Å². The number of aryl methyl sites for hydroxylation is 1. The molecule has 2 aromatic rings. The van der Waals surface area contributed by atoms with Crippen molar-refractivity contribution in [1.29, 1.82) is 0 Å². The van der Waals surface area contributed by atoms with Crippen molar-refractivity contribution in [2.24, 2.45) is 0 Å². The van der Waals surface area contributed by atoms with Gasteiger partial charge in [0, 0.05) is 24.1 Å². The Bertz CT molecular complexity index is 502. The lowest BCUT2D eigenvalue weighted by molar-refractivity contribution is 0.506. The van der Waals surface area contributed by atoms with Gasteiger partial charge in [-0.25, -0.2) is 4.39 Å². The second kappa shape index (κ2) is 6.95. The third-order valence-corrected chi connectivity index (χ3v) is 2.99. The molecule has 0 bridgehead atoms. The first-order chi connectivity index (χ1) is 9.29. The van der Waals surface area contributed by atoms with Crippen molar-refractivity contribution in [3.63, 3.8) is 0 Å². The average Bonchev–Trinajstić information content (AvgIpc) is 2.44. The van der Waals surface area contributed by atoms with Gasteiger partial charge in [-0.3, -0.25) is 9.97 Å². The van der Waals surface area contributed by atoms with Crippen LogP contribution in [0, 0.1) is 5.82 Å². The molecule has 0 saturated heterocycles. The van der Waals surface area contributed by atoms with E-state index in [9.17, 15) is 4.39 Å². The molecule has 0 amide bonds. The maximum atomic E-state index is 13.2. The lowest BCUT2D eigenvalue weighted by atomic mass is 10.0. The van der Waals surface area contributed by atoms with Crippen LogP contribution in [0.25, 0.3) is 0 Å². The molecule has 1 N–H and O–H groups in total. The predicted octanol–water partition coefficient (Wildman–Crippen LogP) is 2.90. The van der Waals surface area contributed by atoms with Gasteiger partial charge in [-0.2, -0.15) is 0 Å². The summed E-state index contributed by atoms with van der Waals surface area (Å²) < 4.78 is 13.2. The van der Waals surface area contributed by atoms with E-state index in [1.54, 1.807) is 18.5 Å². The molecule has 0 aliphatic heterocycles. The van der Waals surface area contributed by atoms with E-state index in [0.717, 1.165) is 30.6 Å². The zero-order valence-corrected chi connectivity index (χ0v) is 11.0. The minimum absolute atomic E-state index is 0.107. The Labute approximate surface area is 112 Å². The maximum Gasteiger partial charge on any atom is 0.141 e. The quantitative estimate of drug-likeness (QED) is 0.866. The number of pyridine rings is 2. The van der Waals surface area contributed by atoms with E-state index in [-0.39, 0.29) is 11.9 Å². The summed E-state index contributed by atoms with van der Waals surface area (Å²) in [4.78, 5) is 8.22. The smallest absolute Gasteiger partial charge is 0.141 e. The van der Waals surface area contributed by atoms with Crippen molar-refractivity contribution < 1.29 is 4.39 Å². The van der Waals surface area contributed by atoms with Gasteiger partial charge in [-0.15, -0.1) is 0 Å². The molecule has 3 nitrogen and oxygen atoms in total. The van der Waals surface area contributed by atoms with Crippen LogP contribution in [0.2, 0.25) is 0 Å². The molecule has 4 heteroatoms. The van der Waals surface area contributed by atoms with Crippen LogP contribution in [0.4, 0.5) is 4.39 Å². The average molecular weight is 259 g/mol. The van der Waals surface area contributed by atoms with Crippen molar-refractivity contribution in [2.75, 3.05) is 6.54 Å². The highest BCUT2D eigenvalue weighted by molar-refractivity contribution is 5.16. The first-order valence-electron chi connectivity index (χ1n) is 6.53. The Morgan fingerprint density at radius 1 is 1.32 bits per heavy atom. The number of nitrogens with one attached hydrogen (secondary N) is 1. The van der Waals surface area contributed by atoms with E-state index in [0.29, 0.717) is 0 Å². The summed E-state index contributed by atoms with van der Waals surface area (Å²) in [5.41, 5.74) is 1.94. The largest absolute Gasteiger partial charge is 0.310 e. The molecule has 2 rings (SSSR count). The van der Waals surface area contributed by atoms with Gasteiger partial charge in [0.05, 0.1) is 6.20 Å². The van der Waals surface area contributed by atoms with Gasteiger partial charge in [-0.1, -0.05) is 13.0 Å². The van der Waals surface area contributed by atoms with Crippen LogP contribution < -0.4 is 5.32 Å². The molecule has 2 aromatic heterocycles. The molecule has 0 aliphatic carbocycles. The Balaban J connectivity index is 2.04. The Hall–Kier alpha value is -1.81. The summed E-state index contributed by atoms with van der Waals surface area (Å²) in [6, 6.07) is 7.54. The van der Waals surface area contributed by atoms with Gasteiger partial charge in [0.1, 0.15) is 5.82 Å². The van der Waals surface area contributed by atoms with Crippen molar-refractivity contribution in [3.05, 3.63) is 59.9 Å². The van der Waals surface area contributed by atoms with E-state index in [1.807, 2.05) is 25.1 Å². The lowest BCUT2D eigenvalue weighted by Crippen LogP contribution is -2.22. The summed E-state index contributed by atoms with van der Waals surface area (Å²) in [5.74, 6) is -0.293. The molecule has 19 heavy (non-hydrogen) atoms. The van der Waals surface area contributed by atoms with Gasteiger partial charge < -0.3 is 5.32 Å². The molecular weight excluding hydrogens is 241 g/mol. The molecule has 1 unspecified atom stereocenters. The van der Waals surface area contributed by atoms with Crippen molar-refractivity contribution in [3.8, 4) is 0 Å². The van der Waals surface area contributed by atoms with Crippen molar-refractivity contribution in [2.45, 2.75) is 25.8 Å². The predicted molar refractivity (Wildman–Crippen MR) is 73.2 cm³/mol. The maximum absolute atomic E-state index is 13.2. The highest BCUT2D eigenvalue weighted by Gasteiger charge is 2.11. The third-order valence-electron chi connectivity index (χ3n) is 2.99. The molecule has 0 aliphatic rings. The van der Waals surface area contributed by atoms with E-state index < -0.39 is 0 Å². The molecular formula is C15H18FN3. The van der Waals surface area contributed by atoms with Crippen molar-refractivity contribution >= 4 is 0 Å². The normalized spacial score (nSPS) is 12.3. The number of hydrogen-bond acceptors (Lipinski definition) is 3. The van der Waals surface area contributed by atoms with Crippen LogP contribution in [0.1, 0.15) is 30.6 Å². The molecule has 0 aromatic carbocycles. The second-order valence-corrected chi connectivity index (χ2v) is 4.41. The zero-order chi connectivity index (χ0) is 13.5. The third kappa shape index (κ3) is 4.10. The summed E-state index contributed by atoms with van der Waals surface area (Å²) in [7, 11) is 0. The summed E-state index contributed by atoms with van der Waals surface area (Å²) >= 11 is 0. The van der Waals surface area contributed by atoms with Crippen LogP contribution in [-0.2, 0) is 6.42 Å². The summed E-state index contributed by atoms with van der Waals surface area (Å²) in [5, 5.41) is 3.36. The molecule has 0 spiro atoms. The second-order valence-electron chi connectivity index (χ2n) is 4.41. The number of rotatable bonds is 6. The summed E-state index contributed by atoms with van der Waals surface area (Å²) in [6.45, 7) is 2.88. The van der Waals surface area contributed by atoms with Gasteiger partial charge in [0.25, 0.3) is 0 Å². The minimum atomic E-state index is -0.293. The Kier molecular flexibility index (Phi) is 4.98. The molecule has 2 heterocycles. The standard InChI is InChI=1S/C15H18FN3/c1-2-18-15(12-9-13(16)11-17-10-12)7-6-14-5-3-4-8-19-14/h3-5,8-11,15,18H,2,6-7H2,1H3.